The van der Waals surface area contributed by atoms with Crippen molar-refractivity contribution in [1.29, 1.82) is 0 Å². The molecule has 2 fully saturated rings. The van der Waals surface area contributed by atoms with Gasteiger partial charge in [-0.2, -0.15) is 4.31 Å². The maximum Gasteiger partial charge on any atom is 0.243 e. The first-order chi connectivity index (χ1) is 12.7. The number of likely N-dealkylation sites (tertiary alicyclic amines) is 1. The molecule has 2 saturated heterocycles. The molecule has 29 heavy (non-hydrogen) atoms. The Bertz CT molecular complexity index is 783. The molecule has 3 rings (SSSR count). The lowest BCUT2D eigenvalue weighted by Crippen LogP contribution is -2.51. The quantitative estimate of drug-likeness (QED) is 0.707. The molecular weight excluding hydrogens is 435 g/mol. The molecule has 1 amide bonds. The van der Waals surface area contributed by atoms with Gasteiger partial charge in [0.25, 0.3) is 0 Å². The highest BCUT2D eigenvalue weighted by molar-refractivity contribution is 7.89. The lowest BCUT2D eigenvalue weighted by molar-refractivity contribution is -0.132. The number of halogens is 2. The lowest BCUT2D eigenvalue weighted by atomic mass is 9.90. The van der Waals surface area contributed by atoms with E-state index < -0.39 is 10.0 Å². The van der Waals surface area contributed by atoms with E-state index in [-0.39, 0.29) is 36.1 Å². The van der Waals surface area contributed by atoms with E-state index in [9.17, 15) is 13.2 Å². The van der Waals surface area contributed by atoms with Crippen LogP contribution in [0, 0.1) is 12.3 Å². The molecule has 7 nitrogen and oxygen atoms in total. The van der Waals surface area contributed by atoms with Crippen LogP contribution in [0.5, 0.6) is 0 Å². The standard InChI is InChI=1S/C19H30N4O3S.2ClH/c1-16-3-5-17(6-4-16)27(25,26)23-11-9-21(10-12-23)13-18(24)22-8-7-19(2,14-20)15-22;;/h3-6H,7-15,20H2,1-2H3;2*1H. The first-order valence-electron chi connectivity index (χ1n) is 9.51. The summed E-state index contributed by atoms with van der Waals surface area (Å²) < 4.78 is 27.0. The zero-order valence-electron chi connectivity index (χ0n) is 17.0. The van der Waals surface area contributed by atoms with Gasteiger partial charge in [-0.3, -0.25) is 9.69 Å². The summed E-state index contributed by atoms with van der Waals surface area (Å²) >= 11 is 0. The van der Waals surface area contributed by atoms with E-state index in [1.54, 1.807) is 12.1 Å². The van der Waals surface area contributed by atoms with Crippen molar-refractivity contribution >= 4 is 40.7 Å². The third kappa shape index (κ3) is 6.06. The fourth-order valence-electron chi connectivity index (χ4n) is 3.68. The summed E-state index contributed by atoms with van der Waals surface area (Å²) in [5, 5.41) is 0. The van der Waals surface area contributed by atoms with E-state index in [0.29, 0.717) is 50.7 Å². The number of benzene rings is 1. The van der Waals surface area contributed by atoms with Gasteiger partial charge in [0.2, 0.25) is 15.9 Å². The summed E-state index contributed by atoms with van der Waals surface area (Å²) in [4.78, 5) is 16.8. The molecule has 2 aliphatic heterocycles. The van der Waals surface area contributed by atoms with Crippen LogP contribution in [0.3, 0.4) is 0 Å². The molecule has 0 aliphatic carbocycles. The zero-order chi connectivity index (χ0) is 19.7. The largest absolute Gasteiger partial charge is 0.341 e. The molecule has 1 atom stereocenters. The van der Waals surface area contributed by atoms with Crippen molar-refractivity contribution in [3.63, 3.8) is 0 Å². The van der Waals surface area contributed by atoms with Gasteiger partial charge in [0.1, 0.15) is 0 Å². The van der Waals surface area contributed by atoms with Crippen molar-refractivity contribution in [2.45, 2.75) is 25.2 Å². The van der Waals surface area contributed by atoms with Gasteiger partial charge in [-0.15, -0.1) is 24.8 Å². The Balaban J connectivity index is 0.00000210. The monoisotopic (exact) mass is 466 g/mol. The van der Waals surface area contributed by atoms with Crippen molar-refractivity contribution in [3.05, 3.63) is 29.8 Å². The lowest BCUT2D eigenvalue weighted by Gasteiger charge is -2.34. The molecule has 2 N–H and O–H groups in total. The van der Waals surface area contributed by atoms with Gasteiger partial charge in [-0.25, -0.2) is 8.42 Å². The fourth-order valence-corrected chi connectivity index (χ4v) is 5.10. The molecule has 0 bridgehead atoms. The summed E-state index contributed by atoms with van der Waals surface area (Å²) in [6, 6.07) is 6.94. The number of aryl methyl sites for hydroxylation is 1. The second kappa shape index (κ2) is 10.4. The number of nitrogens with zero attached hydrogens (tertiary/aromatic N) is 3. The van der Waals surface area contributed by atoms with Crippen LogP contribution in [0.2, 0.25) is 0 Å². The number of hydrogen-bond donors (Lipinski definition) is 1. The normalized spacial score (nSPS) is 23.3. The zero-order valence-corrected chi connectivity index (χ0v) is 19.5. The van der Waals surface area contributed by atoms with Crippen molar-refractivity contribution in [2.75, 3.05) is 52.4 Å². The maximum atomic E-state index is 12.8. The van der Waals surface area contributed by atoms with E-state index in [4.69, 9.17) is 5.73 Å². The summed E-state index contributed by atoms with van der Waals surface area (Å²) in [6.45, 7) is 8.41. The first kappa shape index (κ1) is 26.1. The molecule has 2 heterocycles. The van der Waals surface area contributed by atoms with Gasteiger partial charge in [0, 0.05) is 39.3 Å². The van der Waals surface area contributed by atoms with Gasteiger partial charge < -0.3 is 10.6 Å². The highest BCUT2D eigenvalue weighted by Crippen LogP contribution is 2.28. The molecule has 1 aromatic carbocycles. The number of piperazine rings is 1. The molecule has 0 radical (unpaired) electrons. The summed E-state index contributed by atoms with van der Waals surface area (Å²) in [7, 11) is -3.47. The number of rotatable bonds is 5. The van der Waals surface area contributed by atoms with E-state index in [2.05, 4.69) is 6.92 Å². The highest BCUT2D eigenvalue weighted by Gasteiger charge is 2.36. The third-order valence-electron chi connectivity index (χ3n) is 5.75. The van der Waals surface area contributed by atoms with Crippen LogP contribution in [-0.4, -0.2) is 80.8 Å². The summed E-state index contributed by atoms with van der Waals surface area (Å²) in [6.07, 6.45) is 0.942. The molecule has 1 unspecified atom stereocenters. The minimum absolute atomic E-state index is 0. The fraction of sp³-hybridized carbons (Fsp3) is 0.632. The van der Waals surface area contributed by atoms with E-state index >= 15 is 0 Å². The molecule has 0 saturated carbocycles. The molecule has 0 aromatic heterocycles. The Labute approximate surface area is 186 Å². The summed E-state index contributed by atoms with van der Waals surface area (Å²) in [5.74, 6) is 0.113. The Morgan fingerprint density at radius 2 is 1.66 bits per heavy atom. The van der Waals surface area contributed by atoms with Gasteiger partial charge in [0.15, 0.2) is 0 Å². The van der Waals surface area contributed by atoms with Gasteiger partial charge >= 0.3 is 0 Å². The Morgan fingerprint density at radius 3 is 2.17 bits per heavy atom. The van der Waals surface area contributed by atoms with E-state index in [1.165, 1.54) is 4.31 Å². The van der Waals surface area contributed by atoms with Crippen molar-refractivity contribution < 1.29 is 13.2 Å². The van der Waals surface area contributed by atoms with Crippen molar-refractivity contribution in [3.8, 4) is 0 Å². The van der Waals surface area contributed by atoms with Crippen LogP contribution in [0.1, 0.15) is 18.9 Å². The highest BCUT2D eigenvalue weighted by atomic mass is 35.5. The molecule has 166 valence electrons. The van der Waals surface area contributed by atoms with Gasteiger partial charge in [-0.05, 0) is 37.4 Å². The number of sulfonamides is 1. The Morgan fingerprint density at radius 1 is 1.07 bits per heavy atom. The number of carbonyl (C=O) groups excluding carboxylic acids is 1. The van der Waals surface area contributed by atoms with Gasteiger partial charge in [-0.1, -0.05) is 24.6 Å². The number of hydrogen-bond acceptors (Lipinski definition) is 5. The second-order valence-electron chi connectivity index (χ2n) is 8.07. The average molecular weight is 467 g/mol. The van der Waals surface area contributed by atoms with E-state index in [0.717, 1.165) is 18.5 Å². The minimum atomic E-state index is -3.47. The second-order valence-corrected chi connectivity index (χ2v) is 10.0. The van der Waals surface area contributed by atoms with Gasteiger partial charge in [0.05, 0.1) is 11.4 Å². The smallest absolute Gasteiger partial charge is 0.243 e. The van der Waals surface area contributed by atoms with Crippen LogP contribution >= 0.6 is 24.8 Å². The SMILES string of the molecule is Cc1ccc(S(=O)(=O)N2CCN(CC(=O)N3CCC(C)(CN)C3)CC2)cc1.Cl.Cl. The van der Waals surface area contributed by atoms with Crippen LogP contribution in [0.4, 0.5) is 0 Å². The minimum Gasteiger partial charge on any atom is -0.341 e. The molecule has 1 aromatic rings. The molecule has 0 spiro atoms. The molecule has 10 heteroatoms. The number of amides is 1. The maximum absolute atomic E-state index is 12.8. The van der Waals surface area contributed by atoms with E-state index in [1.807, 2.05) is 28.9 Å². The van der Waals surface area contributed by atoms with Crippen molar-refractivity contribution in [1.82, 2.24) is 14.1 Å². The topological polar surface area (TPSA) is 87.0 Å². The molecule has 2 aliphatic rings. The average Bonchev–Trinajstić information content (AvgIpc) is 3.06. The predicted molar refractivity (Wildman–Crippen MR) is 119 cm³/mol. The Hall–Kier alpha value is -0.900. The number of nitrogens with two attached hydrogens (primary N) is 1. The van der Waals surface area contributed by atoms with Crippen molar-refractivity contribution in [2.24, 2.45) is 11.1 Å². The number of carbonyl (C=O) groups is 1. The van der Waals surface area contributed by atoms with Crippen LogP contribution < -0.4 is 5.73 Å². The summed E-state index contributed by atoms with van der Waals surface area (Å²) in [5.41, 5.74) is 6.87. The third-order valence-corrected chi connectivity index (χ3v) is 7.67. The molecular formula is C19H32Cl2N4O3S. The Kier molecular flexibility index (Phi) is 9.39. The van der Waals surface area contributed by atoms with Crippen LogP contribution in [-0.2, 0) is 14.8 Å². The van der Waals surface area contributed by atoms with Crippen LogP contribution in [0.25, 0.3) is 0 Å². The predicted octanol–water partition coefficient (Wildman–Crippen LogP) is 1.34. The van der Waals surface area contributed by atoms with Crippen LogP contribution in [0.15, 0.2) is 29.2 Å². The first-order valence-corrected chi connectivity index (χ1v) is 10.9.